The van der Waals surface area contributed by atoms with Gasteiger partial charge in [-0.1, -0.05) is 30.3 Å². The second kappa shape index (κ2) is 11.0. The molecule has 3 aromatic rings. The number of ketones is 1. The molecule has 1 aromatic heterocycles. The minimum atomic E-state index is 0.0882. The van der Waals surface area contributed by atoms with Gasteiger partial charge in [0.05, 0.1) is 17.2 Å². The Morgan fingerprint density at radius 1 is 1.00 bits per heavy atom. The summed E-state index contributed by atoms with van der Waals surface area (Å²) in [5.41, 5.74) is 2.37. The number of aliphatic imine (C=N–C) groups is 1. The summed E-state index contributed by atoms with van der Waals surface area (Å²) in [7, 11) is 0. The van der Waals surface area contributed by atoms with E-state index < -0.39 is 0 Å². The molecular weight excluding hydrogens is 460 g/mol. The number of hydrogen-bond donors (Lipinski definition) is 1. The highest BCUT2D eigenvalue weighted by Gasteiger charge is 2.27. The van der Waals surface area contributed by atoms with E-state index in [2.05, 4.69) is 20.5 Å². The maximum atomic E-state index is 12.4. The lowest BCUT2D eigenvalue weighted by Crippen LogP contribution is -2.37. The summed E-state index contributed by atoms with van der Waals surface area (Å²) in [6.45, 7) is 0. The second-order valence-electron chi connectivity index (χ2n) is 9.00. The van der Waals surface area contributed by atoms with Crippen molar-refractivity contribution >= 4 is 34.2 Å². The number of para-hydroxylation sites is 1. The Morgan fingerprint density at radius 3 is 2.60 bits per heavy atom. The Hall–Kier alpha value is -3.26. The third kappa shape index (κ3) is 5.88. The van der Waals surface area contributed by atoms with Gasteiger partial charge in [-0.05, 0) is 62.1 Å². The van der Waals surface area contributed by atoms with Gasteiger partial charge in [0.2, 0.25) is 17.7 Å². The molecule has 7 nitrogen and oxygen atoms in total. The maximum absolute atomic E-state index is 12.4. The van der Waals surface area contributed by atoms with Crippen LogP contribution in [0.4, 0.5) is 5.69 Å². The zero-order chi connectivity index (χ0) is 24.0. The molecule has 0 atom stereocenters. The lowest BCUT2D eigenvalue weighted by atomic mass is 9.86. The molecule has 0 unspecified atom stereocenters. The number of benzene rings is 2. The number of thioether (sulfide) groups is 1. The minimum absolute atomic E-state index is 0.0882. The van der Waals surface area contributed by atoms with Crippen molar-refractivity contribution < 1.29 is 14.0 Å². The van der Waals surface area contributed by atoms with Gasteiger partial charge in [-0.25, -0.2) is 4.99 Å². The molecule has 2 aliphatic rings. The van der Waals surface area contributed by atoms with Crippen LogP contribution in [0.15, 0.2) is 64.0 Å². The molecular formula is C27H28N4O3S. The first-order valence-corrected chi connectivity index (χ1v) is 13.1. The van der Waals surface area contributed by atoms with Gasteiger partial charge in [0.1, 0.15) is 0 Å². The SMILES string of the molecule is O=C(CCCSC1=Nc2ccccc2C(=O)C1)NC1CCC(c2nnc(-c3ccccc3)o2)CC1. The number of rotatable bonds is 7. The van der Waals surface area contributed by atoms with E-state index in [0.29, 0.717) is 30.2 Å². The number of amides is 1. The number of carbonyl (C=O) groups excluding carboxylic acids is 2. The molecule has 0 bridgehead atoms. The van der Waals surface area contributed by atoms with Crippen molar-refractivity contribution in [1.29, 1.82) is 0 Å². The summed E-state index contributed by atoms with van der Waals surface area (Å²) in [5, 5.41) is 12.5. The summed E-state index contributed by atoms with van der Waals surface area (Å²) in [5.74, 6) is 2.47. The highest BCUT2D eigenvalue weighted by molar-refractivity contribution is 8.14. The molecule has 0 spiro atoms. The summed E-state index contributed by atoms with van der Waals surface area (Å²) in [4.78, 5) is 29.3. The molecule has 1 fully saturated rings. The van der Waals surface area contributed by atoms with Gasteiger partial charge in [-0.2, -0.15) is 0 Å². The summed E-state index contributed by atoms with van der Waals surface area (Å²) in [6.07, 6.45) is 5.25. The Bertz CT molecular complexity index is 1220. The molecule has 180 valence electrons. The average Bonchev–Trinajstić information content (AvgIpc) is 3.38. The van der Waals surface area contributed by atoms with Gasteiger partial charge in [0.25, 0.3) is 0 Å². The van der Waals surface area contributed by atoms with Gasteiger partial charge in [-0.3, -0.25) is 9.59 Å². The van der Waals surface area contributed by atoms with Crippen LogP contribution >= 0.6 is 11.8 Å². The van der Waals surface area contributed by atoms with E-state index in [-0.39, 0.29) is 23.7 Å². The Labute approximate surface area is 208 Å². The third-order valence-electron chi connectivity index (χ3n) is 6.48. The molecule has 1 N–H and O–H groups in total. The molecule has 8 heteroatoms. The Morgan fingerprint density at radius 2 is 1.77 bits per heavy atom. The number of fused-ring (bicyclic) bond motifs is 1. The van der Waals surface area contributed by atoms with Crippen LogP contribution in [0.2, 0.25) is 0 Å². The lowest BCUT2D eigenvalue weighted by Gasteiger charge is -2.27. The topological polar surface area (TPSA) is 97.5 Å². The van der Waals surface area contributed by atoms with E-state index in [1.807, 2.05) is 54.6 Å². The first-order chi connectivity index (χ1) is 17.2. The van der Waals surface area contributed by atoms with Gasteiger partial charge in [0.15, 0.2) is 5.78 Å². The fraction of sp³-hybridized carbons (Fsp3) is 0.370. The maximum Gasteiger partial charge on any atom is 0.247 e. The van der Waals surface area contributed by atoms with Gasteiger partial charge < -0.3 is 9.73 Å². The summed E-state index contributed by atoms with van der Waals surface area (Å²) in [6, 6.07) is 17.4. The molecule has 1 amide bonds. The Kier molecular flexibility index (Phi) is 7.37. The number of aromatic nitrogens is 2. The summed E-state index contributed by atoms with van der Waals surface area (Å²) >= 11 is 1.58. The van der Waals surface area contributed by atoms with E-state index in [4.69, 9.17) is 4.42 Å². The lowest BCUT2D eigenvalue weighted by molar-refractivity contribution is -0.122. The largest absolute Gasteiger partial charge is 0.420 e. The van der Waals surface area contributed by atoms with Gasteiger partial charge in [-0.15, -0.1) is 22.0 Å². The van der Waals surface area contributed by atoms with E-state index in [0.717, 1.165) is 54.2 Å². The number of hydrogen-bond acceptors (Lipinski definition) is 7. The molecule has 1 aliphatic heterocycles. The molecule has 1 aliphatic carbocycles. The summed E-state index contributed by atoms with van der Waals surface area (Å²) < 4.78 is 5.92. The third-order valence-corrected chi connectivity index (χ3v) is 7.54. The zero-order valence-electron chi connectivity index (χ0n) is 19.5. The predicted octanol–water partition coefficient (Wildman–Crippen LogP) is 5.71. The van der Waals surface area contributed by atoms with Crippen LogP contribution in [0.25, 0.3) is 11.5 Å². The fourth-order valence-corrected chi connectivity index (χ4v) is 5.52. The van der Waals surface area contributed by atoms with Crippen molar-refractivity contribution in [1.82, 2.24) is 15.5 Å². The number of carbonyl (C=O) groups is 2. The number of nitrogens with one attached hydrogen (secondary N) is 1. The van der Waals surface area contributed by atoms with Crippen LogP contribution in [0.5, 0.6) is 0 Å². The molecule has 1 saturated carbocycles. The molecule has 5 rings (SSSR count). The molecule has 2 aromatic carbocycles. The average molecular weight is 489 g/mol. The highest BCUT2D eigenvalue weighted by atomic mass is 32.2. The van der Waals surface area contributed by atoms with Crippen LogP contribution in [-0.4, -0.2) is 38.7 Å². The monoisotopic (exact) mass is 488 g/mol. The van der Waals surface area contributed by atoms with Crippen LogP contribution in [0, 0.1) is 0 Å². The van der Waals surface area contributed by atoms with E-state index in [1.165, 1.54) is 0 Å². The fourth-order valence-electron chi connectivity index (χ4n) is 4.60. The first kappa shape index (κ1) is 23.5. The first-order valence-electron chi connectivity index (χ1n) is 12.2. The number of nitrogens with zero attached hydrogens (tertiary/aromatic N) is 3. The molecule has 2 heterocycles. The standard InChI is InChI=1S/C27H28N4O3S/c32-23-17-25(29-22-10-5-4-9-21(22)23)35-16-6-11-24(33)28-20-14-12-19(13-15-20)27-31-30-26(34-27)18-7-2-1-3-8-18/h1-5,7-10,19-20H,6,11-17H2,(H,28,33). The quantitative estimate of drug-likeness (QED) is 0.428. The minimum Gasteiger partial charge on any atom is -0.420 e. The van der Waals surface area contributed by atoms with Crippen molar-refractivity contribution in [3.63, 3.8) is 0 Å². The van der Waals surface area contributed by atoms with Crippen LogP contribution < -0.4 is 5.32 Å². The normalized spacial score (nSPS) is 19.7. The van der Waals surface area contributed by atoms with Crippen LogP contribution in [0.1, 0.15) is 67.1 Å². The predicted molar refractivity (Wildman–Crippen MR) is 137 cm³/mol. The number of Topliss-reactive ketones (excluding diaryl/α,β-unsaturated/α-hetero) is 1. The molecule has 0 saturated heterocycles. The van der Waals surface area contributed by atoms with Crippen molar-refractivity contribution in [3.05, 3.63) is 66.1 Å². The van der Waals surface area contributed by atoms with Crippen molar-refractivity contribution in [2.24, 2.45) is 4.99 Å². The Balaban J connectivity index is 1.02. The van der Waals surface area contributed by atoms with Crippen molar-refractivity contribution in [3.8, 4) is 11.5 Å². The highest BCUT2D eigenvalue weighted by Crippen LogP contribution is 2.33. The molecule has 0 radical (unpaired) electrons. The van der Waals surface area contributed by atoms with Gasteiger partial charge in [0, 0.05) is 29.5 Å². The smallest absolute Gasteiger partial charge is 0.247 e. The van der Waals surface area contributed by atoms with E-state index in [9.17, 15) is 9.59 Å². The van der Waals surface area contributed by atoms with Crippen molar-refractivity contribution in [2.75, 3.05) is 5.75 Å². The van der Waals surface area contributed by atoms with E-state index >= 15 is 0 Å². The molecule has 35 heavy (non-hydrogen) atoms. The second-order valence-corrected chi connectivity index (χ2v) is 10.2. The zero-order valence-corrected chi connectivity index (χ0v) is 20.3. The van der Waals surface area contributed by atoms with Gasteiger partial charge >= 0.3 is 0 Å². The van der Waals surface area contributed by atoms with E-state index in [1.54, 1.807) is 11.8 Å². The van der Waals surface area contributed by atoms with Crippen LogP contribution in [-0.2, 0) is 4.79 Å². The van der Waals surface area contributed by atoms with Crippen molar-refractivity contribution in [2.45, 2.75) is 56.9 Å². The van der Waals surface area contributed by atoms with Crippen LogP contribution in [0.3, 0.4) is 0 Å².